The summed E-state index contributed by atoms with van der Waals surface area (Å²) < 4.78 is 6.15. The Morgan fingerprint density at radius 2 is 1.56 bits per heavy atom. The van der Waals surface area contributed by atoms with Crippen LogP contribution in [0.5, 0.6) is 0 Å². The van der Waals surface area contributed by atoms with Crippen LogP contribution in [0.4, 0.5) is 0 Å². The van der Waals surface area contributed by atoms with Crippen LogP contribution in [-0.2, 0) is 36.9 Å². The second-order valence-electron chi connectivity index (χ2n) is 12.2. The van der Waals surface area contributed by atoms with Gasteiger partial charge in [0.1, 0.15) is 6.04 Å². The van der Waals surface area contributed by atoms with Gasteiger partial charge >= 0.3 is 0 Å². The lowest BCUT2D eigenvalue weighted by molar-refractivity contribution is -0.143. The van der Waals surface area contributed by atoms with Crippen LogP contribution >= 0.6 is 11.6 Å². The molecule has 1 saturated heterocycles. The predicted octanol–water partition coefficient (Wildman–Crippen LogP) is 3.85. The van der Waals surface area contributed by atoms with Gasteiger partial charge in [-0.3, -0.25) is 19.2 Å². The molecule has 1 heterocycles. The number of hydrogen-bond donors (Lipinski definition) is 4. The van der Waals surface area contributed by atoms with Gasteiger partial charge in [0.25, 0.3) is 5.91 Å². The molecule has 10 nitrogen and oxygen atoms in total. The van der Waals surface area contributed by atoms with E-state index in [9.17, 15) is 19.2 Å². The number of unbranched alkanes of at least 4 members (excludes halogenated alkanes) is 1. The molecule has 0 spiro atoms. The third kappa shape index (κ3) is 10.7. The van der Waals surface area contributed by atoms with E-state index >= 15 is 0 Å². The zero-order valence-electron chi connectivity index (χ0n) is 27.4. The van der Waals surface area contributed by atoms with E-state index in [0.29, 0.717) is 37.3 Å². The van der Waals surface area contributed by atoms with Crippen molar-refractivity contribution in [1.29, 1.82) is 0 Å². The third-order valence-electron chi connectivity index (χ3n) is 8.60. The standard InChI is InChI=1S/C37H46ClN5O5/c1-25(28-12-6-3-7-13-28)41-36(46)34(44)32(14-8-9-21-39)42-35(45)33-22-30(48-24-27-15-18-29(38)19-16-27)23-43(33)37(47)31(40)20-17-26-10-4-2-5-11-26/h2-7,10-13,15-16,18-19,25,30-33H,8-9,14,17,20-24,39-40H2,1H3,(H,41,46)(H,42,45)/t25-,30+,31+,32-,33-/m0/s1. The Hall–Kier alpha value is -4.09. The Kier molecular flexibility index (Phi) is 14.1. The van der Waals surface area contributed by atoms with Crippen molar-refractivity contribution < 1.29 is 23.9 Å². The first kappa shape index (κ1) is 36.7. The lowest BCUT2D eigenvalue weighted by Crippen LogP contribution is -2.55. The number of benzene rings is 3. The number of carbonyl (C=O) groups is 4. The maximum Gasteiger partial charge on any atom is 0.290 e. The highest BCUT2D eigenvalue weighted by atomic mass is 35.5. The van der Waals surface area contributed by atoms with Crippen molar-refractivity contribution in [1.82, 2.24) is 15.5 Å². The summed E-state index contributed by atoms with van der Waals surface area (Å²) >= 11 is 6.02. The molecule has 0 unspecified atom stereocenters. The smallest absolute Gasteiger partial charge is 0.290 e. The van der Waals surface area contributed by atoms with Crippen LogP contribution in [0.2, 0.25) is 5.02 Å². The maximum atomic E-state index is 13.9. The van der Waals surface area contributed by atoms with Crippen molar-refractivity contribution in [3.63, 3.8) is 0 Å². The van der Waals surface area contributed by atoms with Crippen LogP contribution < -0.4 is 22.1 Å². The number of carbonyl (C=O) groups excluding carboxylic acids is 4. The zero-order chi connectivity index (χ0) is 34.5. The molecule has 1 fully saturated rings. The van der Waals surface area contributed by atoms with Gasteiger partial charge in [-0.25, -0.2) is 0 Å². The Morgan fingerprint density at radius 3 is 2.23 bits per heavy atom. The summed E-state index contributed by atoms with van der Waals surface area (Å²) in [7, 11) is 0. The number of nitrogens with two attached hydrogens (primary N) is 2. The molecule has 0 radical (unpaired) electrons. The molecule has 0 aromatic heterocycles. The lowest BCUT2D eigenvalue weighted by Gasteiger charge is -2.28. The largest absolute Gasteiger partial charge is 0.372 e. The summed E-state index contributed by atoms with van der Waals surface area (Å²) in [6.45, 7) is 2.61. The summed E-state index contributed by atoms with van der Waals surface area (Å²) in [5, 5.41) is 6.15. The van der Waals surface area contributed by atoms with Gasteiger partial charge in [-0.1, -0.05) is 84.4 Å². The van der Waals surface area contributed by atoms with E-state index in [2.05, 4.69) is 10.6 Å². The van der Waals surface area contributed by atoms with E-state index in [4.69, 9.17) is 27.8 Å². The number of likely N-dealkylation sites (tertiary alicyclic amines) is 1. The van der Waals surface area contributed by atoms with Gasteiger partial charge in [0.15, 0.2) is 0 Å². The molecule has 6 N–H and O–H groups in total. The molecule has 0 saturated carbocycles. The molecule has 4 rings (SSSR count). The number of hydrogen-bond acceptors (Lipinski definition) is 7. The number of nitrogens with one attached hydrogen (secondary N) is 2. The van der Waals surface area contributed by atoms with Gasteiger partial charge in [0.05, 0.1) is 30.8 Å². The van der Waals surface area contributed by atoms with E-state index in [0.717, 1.165) is 16.7 Å². The second-order valence-corrected chi connectivity index (χ2v) is 12.7. The van der Waals surface area contributed by atoms with Gasteiger partial charge in [-0.05, 0) is 74.4 Å². The molecule has 3 aromatic rings. The van der Waals surface area contributed by atoms with E-state index < -0.39 is 47.9 Å². The van der Waals surface area contributed by atoms with Crippen molar-refractivity contribution in [2.75, 3.05) is 13.1 Å². The SMILES string of the molecule is C[C@H](NC(=O)C(=O)[C@H](CCCCN)NC(=O)[C@@H]1C[C@@H](OCc2ccc(Cl)cc2)CN1C(=O)[C@H](N)CCc1ccccc1)c1ccccc1. The highest BCUT2D eigenvalue weighted by molar-refractivity contribution is 6.38. The Labute approximate surface area is 287 Å². The molecule has 0 bridgehead atoms. The van der Waals surface area contributed by atoms with Crippen molar-refractivity contribution in [3.05, 3.63) is 107 Å². The summed E-state index contributed by atoms with van der Waals surface area (Å²) in [6.07, 6.45) is 2.11. The van der Waals surface area contributed by atoms with E-state index in [1.165, 1.54) is 4.90 Å². The summed E-state index contributed by atoms with van der Waals surface area (Å²) in [4.78, 5) is 55.7. The number of halogens is 1. The molecule has 5 atom stereocenters. The van der Waals surface area contributed by atoms with Crippen molar-refractivity contribution in [2.45, 2.75) is 82.3 Å². The van der Waals surface area contributed by atoms with Crippen LogP contribution in [0, 0.1) is 0 Å². The quantitative estimate of drug-likeness (QED) is 0.125. The second kappa shape index (κ2) is 18.5. The highest BCUT2D eigenvalue weighted by Gasteiger charge is 2.42. The van der Waals surface area contributed by atoms with Gasteiger partial charge in [-0.15, -0.1) is 0 Å². The number of nitrogens with zero attached hydrogens (tertiary/aromatic N) is 1. The fourth-order valence-electron chi connectivity index (χ4n) is 5.79. The number of amides is 3. The number of aryl methyl sites for hydroxylation is 1. The van der Waals surface area contributed by atoms with Gasteiger partial charge < -0.3 is 31.7 Å². The van der Waals surface area contributed by atoms with Crippen LogP contribution in [0.25, 0.3) is 0 Å². The Balaban J connectivity index is 1.47. The first-order chi connectivity index (χ1) is 23.2. The zero-order valence-corrected chi connectivity index (χ0v) is 28.1. The topological polar surface area (TPSA) is 157 Å². The molecule has 0 aliphatic carbocycles. The first-order valence-corrected chi connectivity index (χ1v) is 16.9. The average Bonchev–Trinajstić information content (AvgIpc) is 3.54. The summed E-state index contributed by atoms with van der Waals surface area (Å²) in [6, 6.07) is 23.0. The lowest BCUT2D eigenvalue weighted by atomic mass is 10.0. The third-order valence-corrected chi connectivity index (χ3v) is 8.85. The fourth-order valence-corrected chi connectivity index (χ4v) is 5.91. The van der Waals surface area contributed by atoms with E-state index in [1.54, 1.807) is 19.1 Å². The van der Waals surface area contributed by atoms with Crippen molar-refractivity contribution in [2.24, 2.45) is 11.5 Å². The Bertz CT molecular complexity index is 1490. The molecule has 1 aliphatic heterocycles. The molecule has 48 heavy (non-hydrogen) atoms. The molecular weight excluding hydrogens is 630 g/mol. The molecular formula is C37H46ClN5O5. The first-order valence-electron chi connectivity index (χ1n) is 16.5. The van der Waals surface area contributed by atoms with Crippen LogP contribution in [0.1, 0.15) is 61.8 Å². The van der Waals surface area contributed by atoms with Crippen molar-refractivity contribution >= 4 is 35.1 Å². The Morgan fingerprint density at radius 1 is 0.896 bits per heavy atom. The minimum absolute atomic E-state index is 0.157. The van der Waals surface area contributed by atoms with Gasteiger partial charge in [0, 0.05) is 18.0 Å². The monoisotopic (exact) mass is 675 g/mol. The fraction of sp³-hybridized carbons (Fsp3) is 0.405. The molecule has 11 heteroatoms. The van der Waals surface area contributed by atoms with E-state index in [-0.39, 0.29) is 31.9 Å². The number of rotatable bonds is 17. The van der Waals surface area contributed by atoms with Gasteiger partial charge in [0.2, 0.25) is 17.6 Å². The predicted molar refractivity (Wildman–Crippen MR) is 186 cm³/mol. The molecule has 3 aromatic carbocycles. The number of ether oxygens (including phenoxy) is 1. The highest BCUT2D eigenvalue weighted by Crippen LogP contribution is 2.24. The maximum absolute atomic E-state index is 13.9. The normalized spacial score (nSPS) is 17.7. The van der Waals surface area contributed by atoms with E-state index in [1.807, 2.05) is 72.8 Å². The summed E-state index contributed by atoms with van der Waals surface area (Å²) in [5.74, 6) is -2.46. The minimum atomic E-state index is -1.09. The number of ketones is 1. The van der Waals surface area contributed by atoms with Crippen LogP contribution in [0.15, 0.2) is 84.9 Å². The summed E-state index contributed by atoms with van der Waals surface area (Å²) in [5.41, 5.74) is 14.9. The number of Topliss-reactive ketones (excluding diaryl/α,β-unsaturated/α-hetero) is 1. The molecule has 256 valence electrons. The molecule has 1 aliphatic rings. The van der Waals surface area contributed by atoms with Crippen LogP contribution in [-0.4, -0.2) is 65.7 Å². The molecule has 3 amide bonds. The van der Waals surface area contributed by atoms with Gasteiger partial charge in [-0.2, -0.15) is 0 Å². The minimum Gasteiger partial charge on any atom is -0.372 e. The van der Waals surface area contributed by atoms with Crippen LogP contribution in [0.3, 0.4) is 0 Å². The average molecular weight is 676 g/mol. The van der Waals surface area contributed by atoms with Crippen molar-refractivity contribution in [3.8, 4) is 0 Å².